The number of esters is 1. The van der Waals surface area contributed by atoms with Gasteiger partial charge >= 0.3 is 5.97 Å². The van der Waals surface area contributed by atoms with Gasteiger partial charge in [0.25, 0.3) is 0 Å². The van der Waals surface area contributed by atoms with E-state index < -0.39 is 5.60 Å². The van der Waals surface area contributed by atoms with Gasteiger partial charge in [0.1, 0.15) is 6.10 Å². The lowest BCUT2D eigenvalue weighted by Crippen LogP contribution is -2.48. The number of hydrogen-bond donors (Lipinski definition) is 1. The van der Waals surface area contributed by atoms with Gasteiger partial charge in [-0.15, -0.1) is 0 Å². The monoisotopic (exact) mass is 318 g/mol. The Morgan fingerprint density at radius 1 is 1.17 bits per heavy atom. The predicted molar refractivity (Wildman–Crippen MR) is 83.3 cm³/mol. The van der Waals surface area contributed by atoms with E-state index in [0.717, 1.165) is 19.3 Å². The third kappa shape index (κ3) is 1.94. The first-order valence-corrected chi connectivity index (χ1v) is 9.16. The van der Waals surface area contributed by atoms with Crippen molar-refractivity contribution in [3.63, 3.8) is 0 Å². The number of ether oxygens (including phenoxy) is 2. The van der Waals surface area contributed by atoms with Crippen LogP contribution in [0.2, 0.25) is 0 Å². The van der Waals surface area contributed by atoms with Crippen LogP contribution in [0.15, 0.2) is 12.2 Å². The van der Waals surface area contributed by atoms with Crippen molar-refractivity contribution in [2.75, 3.05) is 6.61 Å². The topological polar surface area (TPSA) is 55.8 Å². The molecule has 0 aromatic heterocycles. The summed E-state index contributed by atoms with van der Waals surface area (Å²) < 4.78 is 12.0. The first kappa shape index (κ1) is 14.5. The molecule has 0 radical (unpaired) electrons. The summed E-state index contributed by atoms with van der Waals surface area (Å²) in [6, 6.07) is 0. The van der Waals surface area contributed by atoms with E-state index in [1.165, 1.54) is 0 Å². The molecule has 3 saturated carbocycles. The smallest absolute Gasteiger partial charge is 0.309 e. The van der Waals surface area contributed by atoms with E-state index in [0.29, 0.717) is 30.3 Å². The van der Waals surface area contributed by atoms with Crippen LogP contribution in [0.1, 0.15) is 33.1 Å². The van der Waals surface area contributed by atoms with Crippen molar-refractivity contribution in [1.29, 1.82) is 0 Å². The molecule has 0 spiro atoms. The second-order valence-electron chi connectivity index (χ2n) is 8.99. The molecule has 1 saturated heterocycles. The molecule has 4 bridgehead atoms. The summed E-state index contributed by atoms with van der Waals surface area (Å²) in [5.74, 6) is 2.32. The number of carbonyl (C=O) groups excluding carboxylic acids is 1. The van der Waals surface area contributed by atoms with Crippen LogP contribution in [-0.4, -0.2) is 35.5 Å². The molecule has 9 atom stereocenters. The van der Waals surface area contributed by atoms with Crippen LogP contribution in [0, 0.1) is 41.4 Å². The van der Waals surface area contributed by atoms with Gasteiger partial charge in [-0.2, -0.15) is 0 Å². The molecule has 23 heavy (non-hydrogen) atoms. The van der Waals surface area contributed by atoms with Crippen molar-refractivity contribution in [2.24, 2.45) is 41.4 Å². The lowest BCUT2D eigenvalue weighted by Gasteiger charge is -2.39. The van der Waals surface area contributed by atoms with E-state index in [1.54, 1.807) is 0 Å². The van der Waals surface area contributed by atoms with Gasteiger partial charge < -0.3 is 14.6 Å². The highest BCUT2D eigenvalue weighted by Gasteiger charge is 2.66. The number of allylic oxidation sites excluding steroid dienone is 2. The molecule has 4 nitrogen and oxygen atoms in total. The molecule has 0 aromatic carbocycles. The number of aliphatic hydroxyl groups is 1. The van der Waals surface area contributed by atoms with E-state index in [4.69, 9.17) is 9.47 Å². The fourth-order valence-electron chi connectivity index (χ4n) is 6.57. The Bertz CT molecular complexity index is 562. The van der Waals surface area contributed by atoms with Crippen molar-refractivity contribution in [1.82, 2.24) is 0 Å². The molecule has 4 aliphatic carbocycles. The summed E-state index contributed by atoms with van der Waals surface area (Å²) in [5.41, 5.74) is -0.734. The normalized spacial score (nSPS) is 52.6. The number of rotatable bonds is 3. The predicted octanol–water partition coefficient (Wildman–Crippen LogP) is 2.16. The SMILES string of the molecule is CC(C)(O)C1C2COC3C2CC1C3OC(=O)C1CC2C=CC1C2. The molecule has 0 amide bonds. The molecule has 1 N–H and O–H groups in total. The lowest BCUT2D eigenvalue weighted by molar-refractivity contribution is -0.167. The summed E-state index contributed by atoms with van der Waals surface area (Å²) in [7, 11) is 0. The van der Waals surface area contributed by atoms with Gasteiger partial charge in [0.2, 0.25) is 0 Å². The quantitative estimate of drug-likeness (QED) is 0.640. The van der Waals surface area contributed by atoms with E-state index >= 15 is 0 Å². The molecule has 4 heteroatoms. The first-order valence-electron chi connectivity index (χ1n) is 9.16. The summed E-state index contributed by atoms with van der Waals surface area (Å²) in [4.78, 5) is 12.7. The fourth-order valence-corrected chi connectivity index (χ4v) is 6.57. The molecule has 9 unspecified atom stereocenters. The summed E-state index contributed by atoms with van der Waals surface area (Å²) in [6.07, 6.45) is 7.48. The molecule has 5 aliphatic rings. The second-order valence-corrected chi connectivity index (χ2v) is 8.99. The Morgan fingerprint density at radius 2 is 2.00 bits per heavy atom. The maximum atomic E-state index is 12.7. The van der Waals surface area contributed by atoms with Gasteiger partial charge in [-0.25, -0.2) is 0 Å². The van der Waals surface area contributed by atoms with Crippen molar-refractivity contribution in [2.45, 2.75) is 50.9 Å². The van der Waals surface area contributed by atoms with Crippen LogP contribution >= 0.6 is 0 Å². The Morgan fingerprint density at radius 3 is 2.65 bits per heavy atom. The molecule has 1 aliphatic heterocycles. The summed E-state index contributed by atoms with van der Waals surface area (Å²) in [6.45, 7) is 4.50. The molecule has 1 heterocycles. The lowest BCUT2D eigenvalue weighted by atomic mass is 9.71. The molecule has 4 fully saturated rings. The minimum absolute atomic E-state index is 0.0269. The molecular formula is C19H26O4. The standard InChI is InChI=1S/C19H26O4/c1-19(2,21)15-13-7-12-14(15)8-22-16(12)17(13)23-18(20)11-6-9-3-4-10(11)5-9/h3-4,9-17,21H,5-8H2,1-2H3. The van der Waals surface area contributed by atoms with Gasteiger partial charge in [-0.3, -0.25) is 4.79 Å². The van der Waals surface area contributed by atoms with Gasteiger partial charge in [0.05, 0.1) is 24.2 Å². The van der Waals surface area contributed by atoms with Gasteiger partial charge in [0.15, 0.2) is 0 Å². The Labute approximate surface area is 137 Å². The van der Waals surface area contributed by atoms with Gasteiger partial charge in [-0.1, -0.05) is 12.2 Å². The maximum Gasteiger partial charge on any atom is 0.309 e. The third-order valence-corrected chi connectivity index (χ3v) is 7.32. The first-order chi connectivity index (χ1) is 10.9. The fraction of sp³-hybridized carbons (Fsp3) is 0.842. The van der Waals surface area contributed by atoms with E-state index in [-0.39, 0.29) is 35.9 Å². The van der Waals surface area contributed by atoms with Crippen molar-refractivity contribution >= 4 is 5.97 Å². The molecule has 126 valence electrons. The number of hydrogen-bond acceptors (Lipinski definition) is 4. The van der Waals surface area contributed by atoms with Crippen LogP contribution in [0.4, 0.5) is 0 Å². The summed E-state index contributed by atoms with van der Waals surface area (Å²) >= 11 is 0. The van der Waals surface area contributed by atoms with E-state index in [9.17, 15) is 9.90 Å². The van der Waals surface area contributed by atoms with E-state index in [2.05, 4.69) is 12.2 Å². The number of carbonyl (C=O) groups is 1. The van der Waals surface area contributed by atoms with Gasteiger partial charge in [-0.05, 0) is 62.7 Å². The van der Waals surface area contributed by atoms with Crippen LogP contribution in [0.5, 0.6) is 0 Å². The van der Waals surface area contributed by atoms with Gasteiger partial charge in [0, 0.05) is 5.92 Å². The minimum atomic E-state index is -0.734. The van der Waals surface area contributed by atoms with E-state index in [1.807, 2.05) is 13.8 Å². The van der Waals surface area contributed by atoms with Crippen LogP contribution in [-0.2, 0) is 14.3 Å². The minimum Gasteiger partial charge on any atom is -0.459 e. The van der Waals surface area contributed by atoms with Crippen molar-refractivity contribution in [3.8, 4) is 0 Å². The Kier molecular flexibility index (Phi) is 2.90. The highest BCUT2D eigenvalue weighted by atomic mass is 16.6. The third-order valence-electron chi connectivity index (χ3n) is 7.32. The Balaban J connectivity index is 1.35. The molecule has 5 rings (SSSR count). The van der Waals surface area contributed by atoms with Crippen molar-refractivity contribution in [3.05, 3.63) is 12.2 Å². The zero-order chi connectivity index (χ0) is 15.9. The highest BCUT2D eigenvalue weighted by Crippen LogP contribution is 2.61. The zero-order valence-corrected chi connectivity index (χ0v) is 13.9. The second kappa shape index (κ2) is 4.60. The average molecular weight is 318 g/mol. The van der Waals surface area contributed by atoms with Crippen LogP contribution in [0.25, 0.3) is 0 Å². The maximum absolute atomic E-state index is 12.7. The summed E-state index contributed by atoms with van der Waals surface area (Å²) in [5, 5.41) is 10.6. The van der Waals surface area contributed by atoms with Crippen LogP contribution < -0.4 is 0 Å². The largest absolute Gasteiger partial charge is 0.459 e. The van der Waals surface area contributed by atoms with Crippen molar-refractivity contribution < 1.29 is 19.4 Å². The average Bonchev–Trinajstić information content (AvgIpc) is 3.22. The molecule has 0 aromatic rings. The number of fused-ring (bicyclic) bond motifs is 3. The Hall–Kier alpha value is -0.870. The molecular weight excluding hydrogens is 292 g/mol. The zero-order valence-electron chi connectivity index (χ0n) is 13.9. The highest BCUT2D eigenvalue weighted by molar-refractivity contribution is 5.74. The van der Waals surface area contributed by atoms with Crippen LogP contribution in [0.3, 0.4) is 0 Å².